The number of sulfone groups is 1. The highest BCUT2D eigenvalue weighted by Gasteiger charge is 2.37. The van der Waals surface area contributed by atoms with E-state index in [0.29, 0.717) is 17.9 Å². The normalized spacial score (nSPS) is 19.6. The van der Waals surface area contributed by atoms with E-state index in [1.54, 1.807) is 30.2 Å². The molecule has 1 fully saturated rings. The number of carbonyl (C=O) groups is 1. The minimum Gasteiger partial charge on any atom is -0.481 e. The molecule has 6 nitrogen and oxygen atoms in total. The van der Waals surface area contributed by atoms with Crippen molar-refractivity contribution in [3.05, 3.63) is 53.5 Å². The monoisotopic (exact) mass is 391 g/mol. The molecule has 27 heavy (non-hydrogen) atoms. The van der Waals surface area contributed by atoms with Gasteiger partial charge in [-0.05, 0) is 56.5 Å². The van der Waals surface area contributed by atoms with Crippen LogP contribution < -0.4 is 4.74 Å². The molecule has 1 amide bonds. The molecule has 0 N–H and O–H groups in total. The topological polar surface area (TPSA) is 76.8 Å². The van der Waals surface area contributed by atoms with Gasteiger partial charge in [0, 0.05) is 6.04 Å². The first-order valence-corrected chi connectivity index (χ1v) is 10.8. The highest BCUT2D eigenvalue weighted by Crippen LogP contribution is 2.25. The third-order valence-corrected chi connectivity index (χ3v) is 6.80. The van der Waals surface area contributed by atoms with Gasteiger partial charge in [0.2, 0.25) is 0 Å². The Kier molecular flexibility index (Phi) is 5.60. The van der Waals surface area contributed by atoms with Crippen LogP contribution in [0.5, 0.6) is 5.75 Å². The molecule has 146 valence electrons. The van der Waals surface area contributed by atoms with E-state index in [1.165, 1.54) is 0 Å². The van der Waals surface area contributed by atoms with Crippen LogP contribution in [-0.2, 0) is 21.2 Å². The van der Waals surface area contributed by atoms with Crippen LogP contribution >= 0.6 is 0 Å². The van der Waals surface area contributed by atoms with Crippen molar-refractivity contribution in [1.82, 2.24) is 4.90 Å². The van der Waals surface area contributed by atoms with E-state index in [1.807, 2.05) is 32.0 Å². The molecule has 2 aromatic rings. The summed E-state index contributed by atoms with van der Waals surface area (Å²) in [4.78, 5) is 14.7. The van der Waals surface area contributed by atoms with Gasteiger partial charge < -0.3 is 14.1 Å². The zero-order chi connectivity index (χ0) is 19.6. The Labute approximate surface area is 160 Å². The Morgan fingerprint density at radius 3 is 2.70 bits per heavy atom. The molecule has 2 heterocycles. The summed E-state index contributed by atoms with van der Waals surface area (Å²) in [5.74, 6) is 1.12. The van der Waals surface area contributed by atoms with Crippen LogP contribution in [0.2, 0.25) is 0 Å². The lowest BCUT2D eigenvalue weighted by Gasteiger charge is -2.30. The van der Waals surface area contributed by atoms with E-state index in [0.717, 1.165) is 11.1 Å². The molecule has 0 unspecified atom stereocenters. The van der Waals surface area contributed by atoms with Gasteiger partial charge in [-0.3, -0.25) is 4.79 Å². The van der Waals surface area contributed by atoms with Crippen LogP contribution in [0.4, 0.5) is 0 Å². The van der Waals surface area contributed by atoms with E-state index in [-0.39, 0.29) is 30.0 Å². The molecular weight excluding hydrogens is 366 g/mol. The third-order valence-electron chi connectivity index (χ3n) is 5.04. The number of rotatable bonds is 6. The van der Waals surface area contributed by atoms with Crippen molar-refractivity contribution in [2.75, 3.05) is 11.5 Å². The molecule has 1 aliphatic rings. The van der Waals surface area contributed by atoms with Crippen LogP contribution in [-0.4, -0.2) is 42.9 Å². The van der Waals surface area contributed by atoms with Gasteiger partial charge in [0.05, 0.1) is 24.3 Å². The fourth-order valence-electron chi connectivity index (χ4n) is 3.30. The first-order chi connectivity index (χ1) is 12.8. The zero-order valence-electron chi connectivity index (χ0n) is 15.8. The van der Waals surface area contributed by atoms with Crippen molar-refractivity contribution in [3.63, 3.8) is 0 Å². The smallest absolute Gasteiger partial charge is 0.264 e. The Morgan fingerprint density at radius 1 is 1.30 bits per heavy atom. The Hall–Kier alpha value is -2.28. The second kappa shape index (κ2) is 7.76. The lowest BCUT2D eigenvalue weighted by atomic mass is 10.1. The molecule has 0 aliphatic carbocycles. The van der Waals surface area contributed by atoms with Crippen LogP contribution in [0, 0.1) is 13.8 Å². The fraction of sp³-hybridized carbons (Fsp3) is 0.450. The summed E-state index contributed by atoms with van der Waals surface area (Å²) in [7, 11) is -3.12. The first kappa shape index (κ1) is 19.5. The predicted octanol–water partition coefficient (Wildman–Crippen LogP) is 2.88. The fourth-order valence-corrected chi connectivity index (χ4v) is 5.04. The number of hydrogen-bond donors (Lipinski definition) is 0. The van der Waals surface area contributed by atoms with Crippen LogP contribution in [0.1, 0.15) is 30.2 Å². The van der Waals surface area contributed by atoms with Gasteiger partial charge in [-0.2, -0.15) is 0 Å². The summed E-state index contributed by atoms with van der Waals surface area (Å²) in [6.07, 6.45) is 1.24. The van der Waals surface area contributed by atoms with Crippen LogP contribution in [0.25, 0.3) is 0 Å². The van der Waals surface area contributed by atoms with Crippen molar-refractivity contribution < 1.29 is 22.4 Å². The zero-order valence-corrected chi connectivity index (χ0v) is 16.7. The van der Waals surface area contributed by atoms with Gasteiger partial charge in [-0.1, -0.05) is 12.1 Å². The largest absolute Gasteiger partial charge is 0.481 e. The molecule has 1 saturated heterocycles. The minimum absolute atomic E-state index is 0.0182. The van der Waals surface area contributed by atoms with Crippen molar-refractivity contribution in [1.29, 1.82) is 0 Å². The molecule has 0 spiro atoms. The average molecular weight is 391 g/mol. The molecule has 1 aromatic carbocycles. The number of aryl methyl sites for hydroxylation is 1. The molecular formula is C20H25NO5S. The van der Waals surface area contributed by atoms with Crippen LogP contribution in [0.3, 0.4) is 0 Å². The summed E-state index contributed by atoms with van der Waals surface area (Å²) >= 11 is 0. The second-order valence-electron chi connectivity index (χ2n) is 7.06. The molecule has 0 radical (unpaired) electrons. The summed E-state index contributed by atoms with van der Waals surface area (Å²) in [6.45, 7) is 5.86. The summed E-state index contributed by atoms with van der Waals surface area (Å²) < 4.78 is 35.1. The maximum absolute atomic E-state index is 13.1. The predicted molar refractivity (Wildman–Crippen MR) is 102 cm³/mol. The maximum Gasteiger partial charge on any atom is 0.264 e. The van der Waals surface area contributed by atoms with E-state index < -0.39 is 15.9 Å². The van der Waals surface area contributed by atoms with E-state index in [9.17, 15) is 13.2 Å². The molecule has 0 saturated carbocycles. The van der Waals surface area contributed by atoms with Gasteiger partial charge in [0.1, 0.15) is 11.5 Å². The summed E-state index contributed by atoms with van der Waals surface area (Å²) in [5.41, 5.74) is 2.07. The third kappa shape index (κ3) is 4.53. The lowest BCUT2D eigenvalue weighted by molar-refractivity contribution is -0.141. The van der Waals surface area contributed by atoms with Crippen molar-refractivity contribution in [2.45, 2.75) is 45.9 Å². The Morgan fingerprint density at radius 2 is 2.07 bits per heavy atom. The SMILES string of the molecule is Cc1cccc(O[C@H](C)C(=O)N(Cc2ccco2)[C@@H]2CCS(=O)(=O)C2)c1C. The van der Waals surface area contributed by atoms with E-state index in [2.05, 4.69) is 0 Å². The van der Waals surface area contributed by atoms with Crippen molar-refractivity contribution in [2.24, 2.45) is 0 Å². The first-order valence-electron chi connectivity index (χ1n) is 9.03. The van der Waals surface area contributed by atoms with E-state index in [4.69, 9.17) is 9.15 Å². The number of ether oxygens (including phenoxy) is 1. The van der Waals surface area contributed by atoms with Gasteiger partial charge in [0.25, 0.3) is 5.91 Å². The van der Waals surface area contributed by atoms with E-state index >= 15 is 0 Å². The average Bonchev–Trinajstić information content (AvgIpc) is 3.25. The van der Waals surface area contributed by atoms with Crippen LogP contribution in [0.15, 0.2) is 41.0 Å². The Balaban J connectivity index is 1.80. The standard InChI is InChI=1S/C20H25NO5S/c1-14-6-4-8-19(15(14)2)26-16(3)20(22)21(12-18-7-5-10-25-18)17-9-11-27(23,24)13-17/h4-8,10,16-17H,9,11-13H2,1-3H3/t16-,17-/m1/s1. The highest BCUT2D eigenvalue weighted by atomic mass is 32.2. The quantitative estimate of drug-likeness (QED) is 0.757. The highest BCUT2D eigenvalue weighted by molar-refractivity contribution is 7.91. The molecule has 7 heteroatoms. The number of carbonyl (C=O) groups excluding carboxylic acids is 1. The summed E-state index contributed by atoms with van der Waals surface area (Å²) in [5, 5.41) is 0. The number of amides is 1. The molecule has 0 bridgehead atoms. The van der Waals surface area contributed by atoms with Gasteiger partial charge in [-0.25, -0.2) is 8.42 Å². The Bertz CT molecular complexity index is 904. The van der Waals surface area contributed by atoms with Gasteiger partial charge >= 0.3 is 0 Å². The number of furan rings is 1. The number of benzene rings is 1. The van der Waals surface area contributed by atoms with Crippen molar-refractivity contribution in [3.8, 4) is 5.75 Å². The molecule has 3 rings (SSSR count). The minimum atomic E-state index is -3.12. The second-order valence-corrected chi connectivity index (χ2v) is 9.29. The maximum atomic E-state index is 13.1. The molecule has 1 aliphatic heterocycles. The van der Waals surface area contributed by atoms with Gasteiger partial charge in [0.15, 0.2) is 15.9 Å². The van der Waals surface area contributed by atoms with Crippen molar-refractivity contribution >= 4 is 15.7 Å². The lowest BCUT2D eigenvalue weighted by Crippen LogP contribution is -2.46. The van der Waals surface area contributed by atoms with Gasteiger partial charge in [-0.15, -0.1) is 0 Å². The number of nitrogens with zero attached hydrogens (tertiary/aromatic N) is 1. The molecule has 2 atom stereocenters. The number of hydrogen-bond acceptors (Lipinski definition) is 5. The molecule has 1 aromatic heterocycles. The summed E-state index contributed by atoms with van der Waals surface area (Å²) in [6, 6.07) is 8.88.